The zero-order chi connectivity index (χ0) is 35.9. The van der Waals surface area contributed by atoms with Crippen molar-refractivity contribution in [2.45, 2.75) is 33.4 Å². The van der Waals surface area contributed by atoms with Crippen LogP contribution < -0.4 is 33.8 Å². The lowest BCUT2D eigenvalue weighted by Gasteiger charge is -2.25. The first-order valence-electron chi connectivity index (χ1n) is 15.5. The van der Waals surface area contributed by atoms with E-state index in [0.29, 0.717) is 67.4 Å². The van der Waals surface area contributed by atoms with E-state index in [4.69, 9.17) is 35.3 Å². The molecule has 0 fully saturated rings. The van der Waals surface area contributed by atoms with Gasteiger partial charge in [-0.05, 0) is 103 Å². The van der Waals surface area contributed by atoms with Crippen LogP contribution in [-0.4, -0.2) is 50.5 Å². The van der Waals surface area contributed by atoms with Gasteiger partial charge < -0.3 is 28.4 Å². The number of methoxy groups -OCH3 is 2. The summed E-state index contributed by atoms with van der Waals surface area (Å²) >= 11 is 9.39. The third-order valence-electron chi connectivity index (χ3n) is 7.52. The topological polar surface area (TPSA) is 124 Å². The van der Waals surface area contributed by atoms with E-state index in [0.717, 1.165) is 9.13 Å². The summed E-state index contributed by atoms with van der Waals surface area (Å²) in [6, 6.07) is 15.2. The van der Waals surface area contributed by atoms with Crippen LogP contribution in [0.4, 0.5) is 0 Å². The van der Waals surface area contributed by atoms with Crippen LogP contribution in [0.25, 0.3) is 6.08 Å². The Morgan fingerprint density at radius 2 is 1.74 bits per heavy atom. The third kappa shape index (κ3) is 8.16. The maximum atomic E-state index is 14.2. The second-order valence-electron chi connectivity index (χ2n) is 10.8. The molecule has 0 N–H and O–H groups in total. The molecule has 0 unspecified atom stereocenters. The van der Waals surface area contributed by atoms with Crippen molar-refractivity contribution >= 4 is 63.5 Å². The number of esters is 2. The molecule has 3 aromatic carbocycles. The van der Waals surface area contributed by atoms with Crippen LogP contribution >= 0.6 is 45.5 Å². The fourth-order valence-electron chi connectivity index (χ4n) is 5.24. The van der Waals surface area contributed by atoms with Crippen molar-refractivity contribution in [1.29, 1.82) is 0 Å². The number of aromatic nitrogens is 1. The monoisotopic (exact) mass is 832 g/mol. The number of ether oxygens (including phenoxy) is 6. The number of benzene rings is 3. The maximum Gasteiger partial charge on any atom is 0.343 e. The molecule has 1 atom stereocenters. The first kappa shape index (κ1) is 36.9. The molecular weight excluding hydrogens is 799 g/mol. The molecule has 0 bridgehead atoms. The largest absolute Gasteiger partial charge is 0.493 e. The van der Waals surface area contributed by atoms with Crippen LogP contribution in [-0.2, 0) is 25.7 Å². The minimum atomic E-state index is -0.889. The van der Waals surface area contributed by atoms with Gasteiger partial charge in [0, 0.05) is 5.02 Å². The quantitative estimate of drug-likeness (QED) is 0.125. The molecule has 0 spiro atoms. The smallest absolute Gasteiger partial charge is 0.343 e. The van der Waals surface area contributed by atoms with Gasteiger partial charge in [0.15, 0.2) is 34.4 Å². The molecule has 0 amide bonds. The van der Waals surface area contributed by atoms with Crippen molar-refractivity contribution in [3.8, 4) is 23.0 Å². The highest BCUT2D eigenvalue weighted by Gasteiger charge is 2.34. The standard InChI is InChI=1S/C36H34ClIN2O9S/c1-6-46-27-17-23(10-13-26(27)48-19-30(41)45-5)32-31(35(43)47-7-2)20(3)39-36-40(32)34(42)29(50-36)16-22-14-25(38)33(28(15-22)44-4)49-18-21-8-11-24(37)12-9-21/h8-17,32H,6-7,18-19H2,1-5H3/b29-16+/t32-/m1/s1. The minimum absolute atomic E-state index is 0.136. The normalized spacial score (nSPS) is 14.1. The fourth-order valence-corrected chi connectivity index (χ4v) is 7.19. The van der Waals surface area contributed by atoms with Gasteiger partial charge in [-0.3, -0.25) is 9.36 Å². The predicted molar refractivity (Wildman–Crippen MR) is 197 cm³/mol. The van der Waals surface area contributed by atoms with Crippen LogP contribution in [0.3, 0.4) is 0 Å². The number of hydrogen-bond donors (Lipinski definition) is 0. The lowest BCUT2D eigenvalue weighted by atomic mass is 9.95. The Morgan fingerprint density at radius 1 is 0.980 bits per heavy atom. The van der Waals surface area contributed by atoms with Gasteiger partial charge in [-0.25, -0.2) is 14.6 Å². The van der Waals surface area contributed by atoms with Gasteiger partial charge >= 0.3 is 11.9 Å². The molecular formula is C36H34ClIN2O9S. The molecule has 14 heteroatoms. The highest BCUT2D eigenvalue weighted by molar-refractivity contribution is 14.1. The van der Waals surface area contributed by atoms with Gasteiger partial charge in [-0.15, -0.1) is 0 Å². The van der Waals surface area contributed by atoms with Crippen molar-refractivity contribution in [1.82, 2.24) is 4.57 Å². The molecule has 50 heavy (non-hydrogen) atoms. The van der Waals surface area contributed by atoms with Crippen LogP contribution in [0.1, 0.15) is 43.5 Å². The maximum absolute atomic E-state index is 14.2. The summed E-state index contributed by atoms with van der Waals surface area (Å²) < 4.78 is 36.1. The lowest BCUT2D eigenvalue weighted by molar-refractivity contribution is -0.143. The molecule has 11 nitrogen and oxygen atoms in total. The van der Waals surface area contributed by atoms with Gasteiger partial charge in [0.1, 0.15) is 6.61 Å². The Hall–Kier alpha value is -4.34. The molecule has 4 aromatic rings. The van der Waals surface area contributed by atoms with Gasteiger partial charge in [0.25, 0.3) is 5.56 Å². The Bertz CT molecular complexity index is 2130. The number of hydrogen-bond acceptors (Lipinski definition) is 11. The molecule has 0 saturated carbocycles. The van der Waals surface area contributed by atoms with Gasteiger partial charge in [-0.2, -0.15) is 0 Å². The Labute approximate surface area is 310 Å². The number of carbonyl (C=O) groups is 2. The summed E-state index contributed by atoms with van der Waals surface area (Å²) in [6.45, 7) is 5.66. The van der Waals surface area contributed by atoms with E-state index in [-0.39, 0.29) is 24.3 Å². The van der Waals surface area contributed by atoms with E-state index in [1.165, 1.54) is 23.0 Å². The zero-order valence-electron chi connectivity index (χ0n) is 27.9. The van der Waals surface area contributed by atoms with Crippen molar-refractivity contribution in [2.24, 2.45) is 4.99 Å². The minimum Gasteiger partial charge on any atom is -0.493 e. The molecule has 262 valence electrons. The highest BCUT2D eigenvalue weighted by Crippen LogP contribution is 2.37. The van der Waals surface area contributed by atoms with Gasteiger partial charge in [0.05, 0.1) is 52.8 Å². The molecule has 5 rings (SSSR count). The third-order valence-corrected chi connectivity index (χ3v) is 9.56. The molecule has 1 aliphatic heterocycles. The van der Waals surface area contributed by atoms with Crippen LogP contribution in [0.5, 0.6) is 23.0 Å². The van der Waals surface area contributed by atoms with Crippen molar-refractivity contribution in [3.05, 3.63) is 111 Å². The predicted octanol–water partition coefficient (Wildman–Crippen LogP) is 5.59. The Kier molecular flexibility index (Phi) is 12.2. The highest BCUT2D eigenvalue weighted by atomic mass is 127. The van der Waals surface area contributed by atoms with Crippen molar-refractivity contribution in [3.63, 3.8) is 0 Å². The number of carbonyl (C=O) groups excluding carboxylic acids is 2. The molecule has 0 radical (unpaired) electrons. The summed E-state index contributed by atoms with van der Waals surface area (Å²) in [4.78, 5) is 44.5. The zero-order valence-corrected chi connectivity index (χ0v) is 31.6. The summed E-state index contributed by atoms with van der Waals surface area (Å²) in [5.41, 5.74) is 2.50. The van der Waals surface area contributed by atoms with E-state index >= 15 is 0 Å². The van der Waals surface area contributed by atoms with Crippen molar-refractivity contribution in [2.75, 3.05) is 34.0 Å². The molecule has 0 aliphatic carbocycles. The van der Waals surface area contributed by atoms with Gasteiger partial charge in [0.2, 0.25) is 0 Å². The van der Waals surface area contributed by atoms with E-state index in [2.05, 4.69) is 32.3 Å². The molecule has 1 aromatic heterocycles. The number of fused-ring (bicyclic) bond motifs is 1. The average Bonchev–Trinajstić information content (AvgIpc) is 3.40. The van der Waals surface area contributed by atoms with Crippen LogP contribution in [0.2, 0.25) is 5.02 Å². The number of nitrogens with zero attached hydrogens (tertiary/aromatic N) is 2. The number of thiazole rings is 1. The second kappa shape index (κ2) is 16.6. The fraction of sp³-hybridized carbons (Fsp3) is 0.278. The lowest BCUT2D eigenvalue weighted by Crippen LogP contribution is -2.40. The first-order valence-corrected chi connectivity index (χ1v) is 17.8. The van der Waals surface area contributed by atoms with E-state index in [9.17, 15) is 14.4 Å². The van der Waals surface area contributed by atoms with Crippen LogP contribution in [0, 0.1) is 3.57 Å². The van der Waals surface area contributed by atoms with E-state index in [1.807, 2.05) is 25.1 Å². The second-order valence-corrected chi connectivity index (χ2v) is 13.4. The van der Waals surface area contributed by atoms with E-state index in [1.54, 1.807) is 63.4 Å². The van der Waals surface area contributed by atoms with Crippen LogP contribution in [0.15, 0.2) is 75.7 Å². The summed E-state index contributed by atoms with van der Waals surface area (Å²) in [6.07, 6.45) is 1.76. The molecule has 0 saturated heterocycles. The summed E-state index contributed by atoms with van der Waals surface area (Å²) in [5.74, 6) is 0.552. The average molecular weight is 833 g/mol. The number of halogens is 2. The first-order chi connectivity index (χ1) is 24.1. The Morgan fingerprint density at radius 3 is 2.42 bits per heavy atom. The summed E-state index contributed by atoms with van der Waals surface area (Å²) in [7, 11) is 2.82. The number of rotatable bonds is 13. The SMILES string of the molecule is CCOC(=O)C1=C(C)N=c2s/c(=C/c3cc(I)c(OCc4ccc(Cl)cc4)c(OC)c3)c(=O)n2[C@@H]1c1ccc(OCC(=O)OC)c(OCC)c1. The van der Waals surface area contributed by atoms with Crippen molar-refractivity contribution < 1.29 is 38.0 Å². The van der Waals surface area contributed by atoms with E-state index < -0.39 is 18.0 Å². The Balaban J connectivity index is 1.58. The number of allylic oxidation sites excluding steroid dienone is 1. The molecule has 2 heterocycles. The van der Waals surface area contributed by atoms with Gasteiger partial charge in [-0.1, -0.05) is 41.1 Å². The summed E-state index contributed by atoms with van der Waals surface area (Å²) in [5, 5.41) is 0.643. The molecule has 1 aliphatic rings.